The van der Waals surface area contributed by atoms with Crippen molar-refractivity contribution in [2.24, 2.45) is 5.73 Å². The maximum atomic E-state index is 5.78. The van der Waals surface area contributed by atoms with Crippen LogP contribution in [-0.2, 0) is 0 Å². The Labute approximate surface area is 67.5 Å². The first-order valence-corrected chi connectivity index (χ1v) is 3.69. The lowest BCUT2D eigenvalue weighted by Crippen LogP contribution is -2.07. The van der Waals surface area contributed by atoms with E-state index in [9.17, 15) is 0 Å². The van der Waals surface area contributed by atoms with Gasteiger partial charge in [0.2, 0.25) is 0 Å². The number of hydrogen-bond acceptors (Lipinski definition) is 1. The largest absolute Gasteiger partial charge is 0.321 e. The number of hydrogen-bond donors (Lipinski definition) is 1. The maximum Gasteiger partial charge on any atom is 0.0481 e. The molecule has 58 valence electrons. The van der Waals surface area contributed by atoms with Crippen molar-refractivity contribution in [1.82, 2.24) is 0 Å². The molecule has 1 aromatic carbocycles. The molecule has 1 heteroatoms. The Morgan fingerprint density at radius 3 is 2.64 bits per heavy atom. The molecule has 1 rings (SSSR count). The Bertz CT molecular complexity index is 253. The summed E-state index contributed by atoms with van der Waals surface area (Å²) in [7, 11) is 0. The van der Waals surface area contributed by atoms with E-state index in [1.807, 2.05) is 18.2 Å². The summed E-state index contributed by atoms with van der Waals surface area (Å²) in [6.07, 6.45) is 1.75. The average Bonchev–Trinajstić information content (AvgIpc) is 2.04. The first-order chi connectivity index (χ1) is 5.25. The Kier molecular flexibility index (Phi) is 2.44. The topological polar surface area (TPSA) is 26.0 Å². The van der Waals surface area contributed by atoms with Gasteiger partial charge < -0.3 is 5.73 Å². The number of nitrogens with two attached hydrogens (primary N) is 1. The summed E-state index contributed by atoms with van der Waals surface area (Å²) in [5.74, 6) is 0. The van der Waals surface area contributed by atoms with Crippen LogP contribution < -0.4 is 5.73 Å². The molecule has 0 spiro atoms. The van der Waals surface area contributed by atoms with E-state index in [4.69, 9.17) is 5.73 Å². The van der Waals surface area contributed by atoms with E-state index in [0.29, 0.717) is 0 Å². The normalized spacial score (nSPS) is 12.5. The minimum Gasteiger partial charge on any atom is -0.321 e. The van der Waals surface area contributed by atoms with Crippen LogP contribution >= 0.6 is 0 Å². The van der Waals surface area contributed by atoms with Crippen LogP contribution in [0.1, 0.15) is 17.2 Å². The molecule has 1 nitrogen and oxygen atoms in total. The van der Waals surface area contributed by atoms with Crippen molar-refractivity contribution in [2.45, 2.75) is 13.0 Å². The highest BCUT2D eigenvalue weighted by Gasteiger charge is 2.01. The number of benzene rings is 1. The second-order valence-corrected chi connectivity index (χ2v) is 2.62. The van der Waals surface area contributed by atoms with Gasteiger partial charge in [-0.2, -0.15) is 0 Å². The van der Waals surface area contributed by atoms with Gasteiger partial charge in [0.1, 0.15) is 0 Å². The molecule has 0 amide bonds. The van der Waals surface area contributed by atoms with Crippen molar-refractivity contribution in [2.75, 3.05) is 0 Å². The quantitative estimate of drug-likeness (QED) is 0.637. The second kappa shape index (κ2) is 3.35. The van der Waals surface area contributed by atoms with Crippen LogP contribution in [0.25, 0.3) is 0 Å². The van der Waals surface area contributed by atoms with E-state index >= 15 is 0 Å². The fraction of sp³-hybridized carbons (Fsp3) is 0.200. The van der Waals surface area contributed by atoms with Crippen LogP contribution in [0, 0.1) is 6.92 Å². The van der Waals surface area contributed by atoms with Gasteiger partial charge in [0.15, 0.2) is 0 Å². The van der Waals surface area contributed by atoms with Crippen LogP contribution in [0.5, 0.6) is 0 Å². The Morgan fingerprint density at radius 2 is 2.09 bits per heavy atom. The predicted molar refractivity (Wildman–Crippen MR) is 48.3 cm³/mol. The molecular formula is C10H13N. The lowest BCUT2D eigenvalue weighted by molar-refractivity contribution is 0.902. The molecule has 0 fully saturated rings. The summed E-state index contributed by atoms with van der Waals surface area (Å²) in [6, 6.07) is 8.05. The van der Waals surface area contributed by atoms with Crippen LogP contribution in [0.2, 0.25) is 0 Å². The molecule has 0 saturated heterocycles. The fourth-order valence-corrected chi connectivity index (χ4v) is 1.09. The summed E-state index contributed by atoms with van der Waals surface area (Å²) >= 11 is 0. The molecule has 0 aliphatic rings. The summed E-state index contributed by atoms with van der Waals surface area (Å²) in [5.41, 5.74) is 8.15. The van der Waals surface area contributed by atoms with Crippen LogP contribution in [-0.4, -0.2) is 0 Å². The van der Waals surface area contributed by atoms with Crippen LogP contribution in [0.15, 0.2) is 36.9 Å². The smallest absolute Gasteiger partial charge is 0.0481 e. The number of aryl methyl sites for hydroxylation is 1. The van der Waals surface area contributed by atoms with Crippen LogP contribution in [0.4, 0.5) is 0 Å². The molecule has 0 aromatic heterocycles. The zero-order valence-electron chi connectivity index (χ0n) is 6.75. The molecule has 0 heterocycles. The lowest BCUT2D eigenvalue weighted by atomic mass is 10.0. The van der Waals surface area contributed by atoms with E-state index in [-0.39, 0.29) is 6.04 Å². The Morgan fingerprint density at radius 1 is 1.45 bits per heavy atom. The predicted octanol–water partition coefficient (Wildman–Crippen LogP) is 2.18. The lowest BCUT2D eigenvalue weighted by Gasteiger charge is -2.08. The summed E-state index contributed by atoms with van der Waals surface area (Å²) < 4.78 is 0. The molecule has 0 radical (unpaired) electrons. The Hall–Kier alpha value is -1.08. The molecular weight excluding hydrogens is 134 g/mol. The van der Waals surface area contributed by atoms with E-state index in [1.165, 1.54) is 5.56 Å². The first-order valence-electron chi connectivity index (χ1n) is 3.69. The minimum absolute atomic E-state index is 0.0313. The van der Waals surface area contributed by atoms with Gasteiger partial charge in [0.05, 0.1) is 0 Å². The van der Waals surface area contributed by atoms with E-state index in [1.54, 1.807) is 6.08 Å². The van der Waals surface area contributed by atoms with Crippen molar-refractivity contribution >= 4 is 0 Å². The third-order valence-corrected chi connectivity index (χ3v) is 1.80. The highest BCUT2D eigenvalue weighted by Crippen LogP contribution is 2.14. The molecule has 0 unspecified atom stereocenters. The fourth-order valence-electron chi connectivity index (χ4n) is 1.09. The first kappa shape index (κ1) is 8.02. The molecule has 0 saturated carbocycles. The second-order valence-electron chi connectivity index (χ2n) is 2.62. The van der Waals surface area contributed by atoms with Gasteiger partial charge in [-0.3, -0.25) is 0 Å². The average molecular weight is 147 g/mol. The van der Waals surface area contributed by atoms with Gasteiger partial charge in [-0.15, -0.1) is 6.58 Å². The standard InChI is InChI=1S/C10H13N/c1-3-10(11)9-7-5-4-6-8(9)2/h3-7,10H,1,11H2,2H3/t10-/m0/s1. The summed E-state index contributed by atoms with van der Waals surface area (Å²) in [4.78, 5) is 0. The van der Waals surface area contributed by atoms with Gasteiger partial charge in [-0.05, 0) is 18.1 Å². The Balaban J connectivity index is 3.02. The van der Waals surface area contributed by atoms with Crippen molar-refractivity contribution in [3.05, 3.63) is 48.0 Å². The molecule has 0 bridgehead atoms. The molecule has 1 aromatic rings. The minimum atomic E-state index is -0.0313. The van der Waals surface area contributed by atoms with Crippen molar-refractivity contribution in [3.8, 4) is 0 Å². The van der Waals surface area contributed by atoms with Crippen molar-refractivity contribution < 1.29 is 0 Å². The van der Waals surface area contributed by atoms with Gasteiger partial charge in [-0.25, -0.2) is 0 Å². The highest BCUT2D eigenvalue weighted by molar-refractivity contribution is 5.30. The van der Waals surface area contributed by atoms with Gasteiger partial charge in [0.25, 0.3) is 0 Å². The van der Waals surface area contributed by atoms with Crippen molar-refractivity contribution in [3.63, 3.8) is 0 Å². The molecule has 2 N–H and O–H groups in total. The molecule has 0 aliphatic carbocycles. The molecule has 11 heavy (non-hydrogen) atoms. The zero-order valence-corrected chi connectivity index (χ0v) is 6.75. The van der Waals surface area contributed by atoms with E-state index in [2.05, 4.69) is 19.6 Å². The zero-order chi connectivity index (χ0) is 8.27. The summed E-state index contributed by atoms with van der Waals surface area (Å²) in [5, 5.41) is 0. The van der Waals surface area contributed by atoms with E-state index < -0.39 is 0 Å². The maximum absolute atomic E-state index is 5.78. The molecule has 1 atom stereocenters. The van der Waals surface area contributed by atoms with E-state index in [0.717, 1.165) is 5.56 Å². The monoisotopic (exact) mass is 147 g/mol. The third-order valence-electron chi connectivity index (χ3n) is 1.80. The SMILES string of the molecule is C=C[C@H](N)c1ccccc1C. The van der Waals surface area contributed by atoms with Gasteiger partial charge in [-0.1, -0.05) is 30.3 Å². The third kappa shape index (κ3) is 1.69. The van der Waals surface area contributed by atoms with Crippen LogP contribution in [0.3, 0.4) is 0 Å². The highest BCUT2D eigenvalue weighted by atomic mass is 14.6. The summed E-state index contributed by atoms with van der Waals surface area (Å²) in [6.45, 7) is 5.71. The van der Waals surface area contributed by atoms with Gasteiger partial charge >= 0.3 is 0 Å². The van der Waals surface area contributed by atoms with Gasteiger partial charge in [0, 0.05) is 6.04 Å². The number of rotatable bonds is 2. The van der Waals surface area contributed by atoms with Crippen molar-refractivity contribution in [1.29, 1.82) is 0 Å². The molecule has 0 aliphatic heterocycles.